The maximum atomic E-state index is 14.1. The van der Waals surface area contributed by atoms with Crippen LogP contribution in [-0.2, 0) is 23.8 Å². The molecular formula is C15H14F10O5. The molecular weight excluding hydrogens is 450 g/mol. The molecule has 0 rings (SSSR count). The van der Waals surface area contributed by atoms with Crippen LogP contribution in [-0.4, -0.2) is 55.1 Å². The van der Waals surface area contributed by atoms with Crippen LogP contribution >= 0.6 is 0 Å². The second-order valence-corrected chi connectivity index (χ2v) is 5.75. The monoisotopic (exact) mass is 464 g/mol. The summed E-state index contributed by atoms with van der Waals surface area (Å²) in [6.07, 6.45) is -21.9. The normalized spacial score (nSPS) is 15.2. The van der Waals surface area contributed by atoms with E-state index in [1.807, 2.05) is 0 Å². The standard InChI is InChI=1S/C15H14F10O5/c1-6(2)9(26)28-5-8(29-10(27)7(3)4)12(17,18)11(16)30-15(24,25)13(19,20)14(21,22)23/h8,11H,1,3,5H2,2,4H3. The summed E-state index contributed by atoms with van der Waals surface area (Å²) >= 11 is 0. The first-order chi connectivity index (χ1) is 13.2. The molecule has 0 aliphatic carbocycles. The summed E-state index contributed by atoms with van der Waals surface area (Å²) in [6, 6.07) is 0. The number of carbonyl (C=O) groups excluding carboxylic acids is 2. The van der Waals surface area contributed by atoms with Crippen LogP contribution in [0.3, 0.4) is 0 Å². The highest BCUT2D eigenvalue weighted by Crippen LogP contribution is 2.48. The molecule has 0 aliphatic heterocycles. The van der Waals surface area contributed by atoms with Crippen molar-refractivity contribution in [1.29, 1.82) is 0 Å². The van der Waals surface area contributed by atoms with Crippen LogP contribution in [0, 0.1) is 0 Å². The molecule has 2 atom stereocenters. The molecule has 0 N–H and O–H groups in total. The van der Waals surface area contributed by atoms with Gasteiger partial charge in [0, 0.05) is 11.1 Å². The van der Waals surface area contributed by atoms with Gasteiger partial charge in [0.2, 0.25) is 6.10 Å². The molecule has 15 heteroatoms. The van der Waals surface area contributed by atoms with Crippen molar-refractivity contribution in [1.82, 2.24) is 0 Å². The van der Waals surface area contributed by atoms with Gasteiger partial charge >= 0.3 is 36.1 Å². The number of halogens is 10. The van der Waals surface area contributed by atoms with Crippen LogP contribution in [0.15, 0.2) is 24.3 Å². The Morgan fingerprint density at radius 3 is 1.67 bits per heavy atom. The van der Waals surface area contributed by atoms with Crippen LogP contribution in [0.2, 0.25) is 0 Å². The van der Waals surface area contributed by atoms with Crippen molar-refractivity contribution < 1.29 is 67.7 Å². The fourth-order valence-corrected chi connectivity index (χ4v) is 1.32. The van der Waals surface area contributed by atoms with Gasteiger partial charge in [-0.25, -0.2) is 14.0 Å². The lowest BCUT2D eigenvalue weighted by Gasteiger charge is -2.33. The summed E-state index contributed by atoms with van der Waals surface area (Å²) in [4.78, 5) is 22.6. The van der Waals surface area contributed by atoms with E-state index in [0.717, 1.165) is 13.8 Å². The minimum atomic E-state index is -7.06. The minimum Gasteiger partial charge on any atom is -0.458 e. The molecule has 0 aromatic rings. The lowest BCUT2D eigenvalue weighted by atomic mass is 10.2. The fraction of sp³-hybridized carbons (Fsp3) is 0.600. The van der Waals surface area contributed by atoms with Gasteiger partial charge in [-0.05, 0) is 13.8 Å². The van der Waals surface area contributed by atoms with E-state index in [2.05, 4.69) is 27.4 Å². The van der Waals surface area contributed by atoms with E-state index in [1.54, 1.807) is 0 Å². The molecule has 5 nitrogen and oxygen atoms in total. The first kappa shape index (κ1) is 27.7. The average molecular weight is 464 g/mol. The topological polar surface area (TPSA) is 61.8 Å². The summed E-state index contributed by atoms with van der Waals surface area (Å²) < 4.78 is 140. The predicted octanol–water partition coefficient (Wildman–Crippen LogP) is 4.33. The van der Waals surface area contributed by atoms with Gasteiger partial charge in [-0.15, -0.1) is 0 Å². The quantitative estimate of drug-likeness (QED) is 0.274. The summed E-state index contributed by atoms with van der Waals surface area (Å²) in [5.41, 5.74) is -0.986. The van der Waals surface area contributed by atoms with Crippen molar-refractivity contribution in [3.05, 3.63) is 24.3 Å². The molecule has 0 aliphatic rings. The molecule has 0 amide bonds. The van der Waals surface area contributed by atoms with E-state index in [4.69, 9.17) is 0 Å². The first-order valence-electron chi connectivity index (χ1n) is 7.39. The van der Waals surface area contributed by atoms with Gasteiger partial charge in [0.25, 0.3) is 6.36 Å². The van der Waals surface area contributed by atoms with Crippen LogP contribution in [0.4, 0.5) is 43.9 Å². The third kappa shape index (κ3) is 6.34. The second-order valence-electron chi connectivity index (χ2n) is 5.75. The van der Waals surface area contributed by atoms with Crippen molar-refractivity contribution in [2.24, 2.45) is 0 Å². The van der Waals surface area contributed by atoms with E-state index in [-0.39, 0.29) is 0 Å². The van der Waals surface area contributed by atoms with E-state index < -0.39 is 66.3 Å². The molecule has 0 fully saturated rings. The Morgan fingerprint density at radius 2 is 1.30 bits per heavy atom. The van der Waals surface area contributed by atoms with E-state index in [1.165, 1.54) is 0 Å². The molecule has 2 unspecified atom stereocenters. The van der Waals surface area contributed by atoms with Gasteiger partial charge in [-0.2, -0.15) is 39.5 Å². The van der Waals surface area contributed by atoms with Gasteiger partial charge < -0.3 is 9.47 Å². The zero-order valence-corrected chi connectivity index (χ0v) is 15.1. The molecule has 0 saturated carbocycles. The van der Waals surface area contributed by atoms with E-state index in [9.17, 15) is 53.5 Å². The van der Waals surface area contributed by atoms with E-state index >= 15 is 0 Å². The Balaban J connectivity index is 5.79. The summed E-state index contributed by atoms with van der Waals surface area (Å²) in [6.45, 7) is 6.21. The van der Waals surface area contributed by atoms with Crippen molar-refractivity contribution >= 4 is 11.9 Å². The van der Waals surface area contributed by atoms with Crippen molar-refractivity contribution in [2.45, 2.75) is 50.4 Å². The second kappa shape index (κ2) is 9.22. The molecule has 30 heavy (non-hydrogen) atoms. The summed E-state index contributed by atoms with van der Waals surface area (Å²) in [7, 11) is 0. The first-order valence-corrected chi connectivity index (χ1v) is 7.39. The lowest BCUT2D eigenvalue weighted by Crippen LogP contribution is -2.57. The lowest BCUT2D eigenvalue weighted by molar-refractivity contribution is -0.452. The number of rotatable bonds is 10. The van der Waals surface area contributed by atoms with E-state index in [0.29, 0.717) is 0 Å². The van der Waals surface area contributed by atoms with Crippen LogP contribution in [0.1, 0.15) is 13.8 Å². The molecule has 174 valence electrons. The summed E-state index contributed by atoms with van der Waals surface area (Å²) in [5, 5.41) is 0. The number of esters is 2. The molecule has 0 aromatic carbocycles. The van der Waals surface area contributed by atoms with Crippen molar-refractivity contribution in [3.63, 3.8) is 0 Å². The Labute approximate surface area is 162 Å². The third-order valence-corrected chi connectivity index (χ3v) is 3.02. The van der Waals surface area contributed by atoms with Gasteiger partial charge in [0.1, 0.15) is 6.61 Å². The van der Waals surface area contributed by atoms with Crippen LogP contribution in [0.5, 0.6) is 0 Å². The molecule has 0 bridgehead atoms. The Morgan fingerprint density at radius 1 is 0.867 bits per heavy atom. The Hall–Kier alpha value is -2.32. The SMILES string of the molecule is C=C(C)C(=O)OCC(OC(=O)C(=C)C)C(F)(F)C(F)OC(F)(F)C(F)(F)C(F)(F)F. The average Bonchev–Trinajstić information content (AvgIpc) is 2.55. The predicted molar refractivity (Wildman–Crippen MR) is 77.3 cm³/mol. The van der Waals surface area contributed by atoms with Crippen molar-refractivity contribution in [2.75, 3.05) is 6.61 Å². The molecule has 0 radical (unpaired) electrons. The highest BCUT2D eigenvalue weighted by molar-refractivity contribution is 5.87. The number of hydrogen-bond donors (Lipinski definition) is 0. The fourth-order valence-electron chi connectivity index (χ4n) is 1.32. The summed E-state index contributed by atoms with van der Waals surface area (Å²) in [5.74, 6) is -15.6. The zero-order chi connectivity index (χ0) is 24.3. The Bertz CT molecular complexity index is 686. The van der Waals surface area contributed by atoms with Gasteiger partial charge in [-0.1, -0.05) is 13.2 Å². The zero-order valence-electron chi connectivity index (χ0n) is 15.1. The molecule has 0 aromatic heterocycles. The third-order valence-electron chi connectivity index (χ3n) is 3.02. The number of carbonyl (C=O) groups is 2. The highest BCUT2D eigenvalue weighted by atomic mass is 19.4. The number of ether oxygens (including phenoxy) is 3. The highest BCUT2D eigenvalue weighted by Gasteiger charge is 2.76. The smallest absolute Gasteiger partial charge is 0.458 e. The molecule has 0 spiro atoms. The molecule has 0 saturated heterocycles. The van der Waals surface area contributed by atoms with Gasteiger partial charge in [0.15, 0.2) is 0 Å². The maximum Gasteiger partial charge on any atom is 0.462 e. The maximum absolute atomic E-state index is 14.1. The van der Waals surface area contributed by atoms with Crippen molar-refractivity contribution in [3.8, 4) is 0 Å². The van der Waals surface area contributed by atoms with Gasteiger partial charge in [-0.3, -0.25) is 4.74 Å². The van der Waals surface area contributed by atoms with Crippen LogP contribution in [0.25, 0.3) is 0 Å². The molecule has 0 heterocycles. The van der Waals surface area contributed by atoms with Gasteiger partial charge in [0.05, 0.1) is 0 Å². The Kier molecular flexibility index (Phi) is 8.51. The van der Waals surface area contributed by atoms with Crippen LogP contribution < -0.4 is 0 Å². The number of alkyl halides is 10. The number of hydrogen-bond acceptors (Lipinski definition) is 5. The largest absolute Gasteiger partial charge is 0.462 e. The minimum absolute atomic E-state index is 0.396.